The van der Waals surface area contributed by atoms with E-state index in [1.165, 1.54) is 0 Å². The van der Waals surface area contributed by atoms with Crippen molar-refractivity contribution in [2.75, 3.05) is 5.32 Å². The highest BCUT2D eigenvalue weighted by Gasteiger charge is 2.13. The summed E-state index contributed by atoms with van der Waals surface area (Å²) in [7, 11) is 0. The van der Waals surface area contributed by atoms with E-state index in [1.54, 1.807) is 29.2 Å². The number of hydrogen-bond donors (Lipinski definition) is 1. The van der Waals surface area contributed by atoms with E-state index >= 15 is 0 Å². The SMILES string of the molecule is Cc1cccc(Cl)c1CC(=O)Nc1ccnn1-c1ccc(Br)cn1. The molecule has 1 aromatic carbocycles. The van der Waals surface area contributed by atoms with Crippen molar-refractivity contribution < 1.29 is 4.79 Å². The second-order valence-electron chi connectivity index (χ2n) is 5.22. The van der Waals surface area contributed by atoms with Gasteiger partial charge in [-0.1, -0.05) is 23.7 Å². The fourth-order valence-corrected chi connectivity index (χ4v) is 2.83. The van der Waals surface area contributed by atoms with Gasteiger partial charge in [0.05, 0.1) is 12.6 Å². The molecule has 0 spiro atoms. The summed E-state index contributed by atoms with van der Waals surface area (Å²) in [6.07, 6.45) is 3.49. The molecule has 0 atom stereocenters. The molecular weight excluding hydrogens is 392 g/mol. The van der Waals surface area contributed by atoms with Crippen LogP contribution in [-0.2, 0) is 11.2 Å². The number of nitrogens with zero attached hydrogens (tertiary/aromatic N) is 3. The number of nitrogens with one attached hydrogen (secondary N) is 1. The number of aromatic nitrogens is 3. The molecule has 0 radical (unpaired) electrons. The number of anilines is 1. The summed E-state index contributed by atoms with van der Waals surface area (Å²) >= 11 is 9.53. The Labute approximate surface area is 152 Å². The van der Waals surface area contributed by atoms with E-state index < -0.39 is 0 Å². The van der Waals surface area contributed by atoms with Crippen LogP contribution in [0, 0.1) is 6.92 Å². The Morgan fingerprint density at radius 1 is 1.29 bits per heavy atom. The summed E-state index contributed by atoms with van der Waals surface area (Å²) < 4.78 is 2.45. The van der Waals surface area contributed by atoms with Crippen LogP contribution < -0.4 is 5.32 Å². The molecule has 3 aromatic rings. The smallest absolute Gasteiger partial charge is 0.230 e. The van der Waals surface area contributed by atoms with Gasteiger partial charge in [-0.3, -0.25) is 4.79 Å². The predicted octanol–water partition coefficient (Wildman–Crippen LogP) is 4.17. The number of benzene rings is 1. The lowest BCUT2D eigenvalue weighted by Crippen LogP contribution is -2.18. The fraction of sp³-hybridized carbons (Fsp3) is 0.118. The van der Waals surface area contributed by atoms with Crippen molar-refractivity contribution in [1.82, 2.24) is 14.8 Å². The van der Waals surface area contributed by atoms with Crippen molar-refractivity contribution in [2.45, 2.75) is 13.3 Å². The Kier molecular flexibility index (Phi) is 4.97. The minimum Gasteiger partial charge on any atom is -0.310 e. The second-order valence-corrected chi connectivity index (χ2v) is 6.55. The molecule has 0 bridgehead atoms. The third kappa shape index (κ3) is 3.66. The maximum atomic E-state index is 12.4. The van der Waals surface area contributed by atoms with E-state index in [4.69, 9.17) is 11.6 Å². The van der Waals surface area contributed by atoms with Gasteiger partial charge in [-0.15, -0.1) is 0 Å². The topological polar surface area (TPSA) is 59.8 Å². The highest BCUT2D eigenvalue weighted by atomic mass is 79.9. The number of rotatable bonds is 4. The molecular formula is C17H14BrClN4O. The lowest BCUT2D eigenvalue weighted by Gasteiger charge is -2.10. The van der Waals surface area contributed by atoms with Gasteiger partial charge in [0.15, 0.2) is 5.82 Å². The van der Waals surface area contributed by atoms with Crippen molar-refractivity contribution in [3.8, 4) is 5.82 Å². The molecule has 0 saturated carbocycles. The molecule has 1 N–H and O–H groups in total. The van der Waals surface area contributed by atoms with Crippen LogP contribution in [0.25, 0.3) is 5.82 Å². The quantitative estimate of drug-likeness (QED) is 0.708. The highest BCUT2D eigenvalue weighted by Crippen LogP contribution is 2.21. The van der Waals surface area contributed by atoms with E-state index in [0.29, 0.717) is 16.7 Å². The van der Waals surface area contributed by atoms with Crippen LogP contribution in [0.5, 0.6) is 0 Å². The van der Waals surface area contributed by atoms with Gasteiger partial charge in [0.2, 0.25) is 5.91 Å². The molecule has 5 nitrogen and oxygen atoms in total. The van der Waals surface area contributed by atoms with Gasteiger partial charge in [0.25, 0.3) is 0 Å². The Hall–Kier alpha value is -2.18. The van der Waals surface area contributed by atoms with E-state index in [1.807, 2.05) is 31.2 Å². The van der Waals surface area contributed by atoms with Gasteiger partial charge < -0.3 is 5.32 Å². The number of halogens is 2. The van der Waals surface area contributed by atoms with Gasteiger partial charge in [-0.05, 0) is 52.2 Å². The summed E-state index contributed by atoms with van der Waals surface area (Å²) in [4.78, 5) is 16.7. The Balaban J connectivity index is 1.79. The average molecular weight is 406 g/mol. The largest absolute Gasteiger partial charge is 0.310 e. The van der Waals surface area contributed by atoms with Crippen LogP contribution in [0.3, 0.4) is 0 Å². The molecule has 0 unspecified atom stereocenters. The average Bonchev–Trinajstić information content (AvgIpc) is 3.00. The summed E-state index contributed by atoms with van der Waals surface area (Å²) in [5.41, 5.74) is 1.81. The Bertz CT molecular complexity index is 856. The first-order valence-electron chi connectivity index (χ1n) is 7.24. The van der Waals surface area contributed by atoms with Crippen LogP contribution >= 0.6 is 27.5 Å². The van der Waals surface area contributed by atoms with Gasteiger partial charge in [-0.2, -0.15) is 9.78 Å². The van der Waals surface area contributed by atoms with Gasteiger partial charge in [0.1, 0.15) is 5.82 Å². The van der Waals surface area contributed by atoms with E-state index in [0.717, 1.165) is 15.6 Å². The minimum atomic E-state index is -0.162. The molecule has 2 aromatic heterocycles. The molecule has 3 rings (SSSR count). The summed E-state index contributed by atoms with van der Waals surface area (Å²) in [5, 5.41) is 7.66. The maximum Gasteiger partial charge on any atom is 0.230 e. The Morgan fingerprint density at radius 3 is 2.83 bits per heavy atom. The lowest BCUT2D eigenvalue weighted by molar-refractivity contribution is -0.115. The number of aryl methyl sites for hydroxylation is 1. The maximum absolute atomic E-state index is 12.4. The summed E-state index contributed by atoms with van der Waals surface area (Å²) in [6.45, 7) is 1.94. The molecule has 1 amide bonds. The first-order chi connectivity index (χ1) is 11.5. The zero-order valence-electron chi connectivity index (χ0n) is 12.8. The van der Waals surface area contributed by atoms with Crippen molar-refractivity contribution in [3.05, 3.63) is 69.4 Å². The number of carbonyl (C=O) groups excluding carboxylic acids is 1. The molecule has 122 valence electrons. The molecule has 0 aliphatic rings. The summed E-state index contributed by atoms with van der Waals surface area (Å²) in [6, 6.07) is 11.0. The second kappa shape index (κ2) is 7.15. The van der Waals surface area contributed by atoms with Gasteiger partial charge >= 0.3 is 0 Å². The monoisotopic (exact) mass is 404 g/mol. The number of pyridine rings is 1. The summed E-state index contributed by atoms with van der Waals surface area (Å²) in [5.74, 6) is 1.01. The van der Waals surface area contributed by atoms with Gasteiger partial charge in [0, 0.05) is 21.8 Å². The molecule has 0 aliphatic heterocycles. The van der Waals surface area contributed by atoms with Crippen LogP contribution in [0.4, 0.5) is 5.82 Å². The highest BCUT2D eigenvalue weighted by molar-refractivity contribution is 9.10. The standard InChI is InChI=1S/C17H14BrClN4O/c1-11-3-2-4-14(19)13(11)9-17(24)22-16-7-8-21-23(16)15-6-5-12(18)10-20-15/h2-8,10H,9H2,1H3,(H,22,24). The van der Waals surface area contributed by atoms with E-state index in [2.05, 4.69) is 31.3 Å². The van der Waals surface area contributed by atoms with Crippen molar-refractivity contribution in [2.24, 2.45) is 0 Å². The molecule has 0 saturated heterocycles. The van der Waals surface area contributed by atoms with E-state index in [-0.39, 0.29) is 12.3 Å². The molecule has 2 heterocycles. The fourth-order valence-electron chi connectivity index (χ4n) is 2.31. The lowest BCUT2D eigenvalue weighted by atomic mass is 10.1. The van der Waals surface area contributed by atoms with E-state index in [9.17, 15) is 4.79 Å². The first-order valence-corrected chi connectivity index (χ1v) is 8.41. The normalized spacial score (nSPS) is 10.6. The molecule has 0 fully saturated rings. The third-order valence-corrected chi connectivity index (χ3v) is 4.35. The zero-order valence-corrected chi connectivity index (χ0v) is 15.2. The van der Waals surface area contributed by atoms with Crippen LogP contribution in [0.1, 0.15) is 11.1 Å². The van der Waals surface area contributed by atoms with Crippen molar-refractivity contribution in [1.29, 1.82) is 0 Å². The van der Waals surface area contributed by atoms with Crippen molar-refractivity contribution in [3.63, 3.8) is 0 Å². The van der Waals surface area contributed by atoms with Crippen LogP contribution in [-0.4, -0.2) is 20.7 Å². The molecule has 24 heavy (non-hydrogen) atoms. The number of hydrogen-bond acceptors (Lipinski definition) is 3. The number of carbonyl (C=O) groups is 1. The predicted molar refractivity (Wildman–Crippen MR) is 97.6 cm³/mol. The minimum absolute atomic E-state index is 0.162. The Morgan fingerprint density at radius 2 is 2.12 bits per heavy atom. The van der Waals surface area contributed by atoms with Crippen LogP contribution in [0.2, 0.25) is 5.02 Å². The van der Waals surface area contributed by atoms with Crippen molar-refractivity contribution >= 4 is 39.3 Å². The number of amides is 1. The first kappa shape index (κ1) is 16.7. The van der Waals surface area contributed by atoms with Crippen LogP contribution in [0.15, 0.2) is 53.3 Å². The zero-order chi connectivity index (χ0) is 17.1. The third-order valence-electron chi connectivity index (χ3n) is 3.53. The molecule has 7 heteroatoms. The van der Waals surface area contributed by atoms with Gasteiger partial charge in [-0.25, -0.2) is 4.98 Å². The molecule has 0 aliphatic carbocycles.